The lowest BCUT2D eigenvalue weighted by Gasteiger charge is -2.17. The van der Waals surface area contributed by atoms with Crippen LogP contribution in [0.2, 0.25) is 0 Å². The number of aromatic nitrogens is 1. The zero-order chi connectivity index (χ0) is 23.8. The van der Waals surface area contributed by atoms with Crippen LogP contribution in [0.25, 0.3) is 10.2 Å². The van der Waals surface area contributed by atoms with E-state index >= 15 is 0 Å². The van der Waals surface area contributed by atoms with Crippen molar-refractivity contribution in [2.45, 2.75) is 25.3 Å². The first-order valence-corrected chi connectivity index (χ1v) is 12.7. The zero-order valence-electron chi connectivity index (χ0n) is 18.9. The fraction of sp³-hybridized carbons (Fsp3) is 0.200. The van der Waals surface area contributed by atoms with Gasteiger partial charge in [0.15, 0.2) is 4.80 Å². The Labute approximate surface area is 197 Å². The Hall–Kier alpha value is -3.07. The van der Waals surface area contributed by atoms with Gasteiger partial charge < -0.3 is 4.57 Å². The molecule has 0 aliphatic heterocycles. The van der Waals surface area contributed by atoms with E-state index in [2.05, 4.69) is 24.9 Å². The highest BCUT2D eigenvalue weighted by atomic mass is 32.2. The van der Waals surface area contributed by atoms with E-state index in [1.807, 2.05) is 48.0 Å². The van der Waals surface area contributed by atoms with Crippen LogP contribution in [-0.2, 0) is 23.6 Å². The van der Waals surface area contributed by atoms with Crippen LogP contribution in [0.5, 0.6) is 0 Å². The summed E-state index contributed by atoms with van der Waals surface area (Å²) in [6, 6.07) is 19.4. The maximum atomic E-state index is 12.9. The minimum atomic E-state index is -3.68. The molecule has 3 aromatic carbocycles. The van der Waals surface area contributed by atoms with Gasteiger partial charge in [0.2, 0.25) is 10.0 Å². The van der Waals surface area contributed by atoms with Crippen molar-refractivity contribution in [1.29, 1.82) is 0 Å². The number of benzene rings is 3. The molecule has 0 saturated carbocycles. The molecule has 1 heterocycles. The smallest absolute Gasteiger partial charge is 0.279 e. The largest absolute Gasteiger partial charge is 0.319 e. The van der Waals surface area contributed by atoms with Crippen LogP contribution in [0, 0.1) is 13.8 Å². The second kappa shape index (κ2) is 9.05. The van der Waals surface area contributed by atoms with Crippen LogP contribution < -0.4 is 4.80 Å². The van der Waals surface area contributed by atoms with Crippen molar-refractivity contribution in [2.24, 2.45) is 12.0 Å². The Morgan fingerprint density at radius 3 is 2.33 bits per heavy atom. The summed E-state index contributed by atoms with van der Waals surface area (Å²) >= 11 is 1.45. The van der Waals surface area contributed by atoms with Crippen LogP contribution >= 0.6 is 11.3 Å². The van der Waals surface area contributed by atoms with E-state index in [0.29, 0.717) is 10.4 Å². The third-order valence-corrected chi connectivity index (χ3v) is 8.66. The van der Waals surface area contributed by atoms with Gasteiger partial charge in [-0.2, -0.15) is 9.30 Å². The first-order chi connectivity index (χ1) is 15.7. The molecule has 1 amide bonds. The molecule has 0 aliphatic rings. The Morgan fingerprint density at radius 2 is 1.67 bits per heavy atom. The summed E-state index contributed by atoms with van der Waals surface area (Å²) in [4.78, 5) is 17.8. The standard InChI is InChI=1S/C25H25N3O3S2/c1-17-10-15-22-23(18(17)2)28(4)25(32-22)26-24(29)20-11-13-21(14-12-20)33(30,31)27(3)16-19-8-6-5-7-9-19/h5-15H,16H2,1-4H3. The summed E-state index contributed by atoms with van der Waals surface area (Å²) in [5, 5.41) is 0. The SMILES string of the molecule is Cc1ccc2sc(=NC(=O)c3ccc(S(=O)(=O)N(C)Cc4ccccc4)cc3)n(C)c2c1C. The van der Waals surface area contributed by atoms with Crippen molar-refractivity contribution in [1.82, 2.24) is 8.87 Å². The van der Waals surface area contributed by atoms with Crippen LogP contribution in [0.4, 0.5) is 0 Å². The molecule has 33 heavy (non-hydrogen) atoms. The molecule has 8 heteroatoms. The molecule has 0 fully saturated rings. The molecule has 0 N–H and O–H groups in total. The number of rotatable bonds is 5. The van der Waals surface area contributed by atoms with Crippen molar-refractivity contribution in [3.8, 4) is 0 Å². The van der Waals surface area contributed by atoms with Crippen LogP contribution in [-0.4, -0.2) is 30.2 Å². The van der Waals surface area contributed by atoms with Gasteiger partial charge in [-0.25, -0.2) is 8.42 Å². The summed E-state index contributed by atoms with van der Waals surface area (Å²) in [7, 11) is -0.240. The lowest BCUT2D eigenvalue weighted by molar-refractivity contribution is 0.0998. The van der Waals surface area contributed by atoms with Crippen molar-refractivity contribution in [3.05, 3.63) is 93.8 Å². The fourth-order valence-corrected chi connectivity index (χ4v) is 5.90. The normalized spacial score (nSPS) is 12.6. The quantitative estimate of drug-likeness (QED) is 0.425. The zero-order valence-corrected chi connectivity index (χ0v) is 20.6. The highest BCUT2D eigenvalue weighted by molar-refractivity contribution is 7.89. The van der Waals surface area contributed by atoms with Gasteiger partial charge in [-0.3, -0.25) is 4.79 Å². The minimum absolute atomic E-state index is 0.135. The van der Waals surface area contributed by atoms with Crippen molar-refractivity contribution < 1.29 is 13.2 Å². The molecule has 0 saturated heterocycles. The molecule has 6 nitrogen and oxygen atoms in total. The average Bonchev–Trinajstić information content (AvgIpc) is 3.12. The molecule has 4 aromatic rings. The summed E-state index contributed by atoms with van der Waals surface area (Å²) < 4.78 is 30.1. The van der Waals surface area contributed by atoms with E-state index in [-0.39, 0.29) is 11.4 Å². The summed E-state index contributed by atoms with van der Waals surface area (Å²) in [5.74, 6) is -0.409. The first kappa shape index (κ1) is 23.1. The van der Waals surface area contributed by atoms with E-state index in [1.165, 1.54) is 45.5 Å². The van der Waals surface area contributed by atoms with Crippen LogP contribution in [0.15, 0.2) is 76.6 Å². The molecule has 170 valence electrons. The maximum Gasteiger partial charge on any atom is 0.279 e. The molecule has 0 bridgehead atoms. The number of sulfonamides is 1. The third kappa shape index (κ3) is 4.55. The number of amides is 1. The fourth-order valence-electron chi connectivity index (χ4n) is 3.66. The number of nitrogens with zero attached hydrogens (tertiary/aromatic N) is 3. The molecular formula is C25H25N3O3S2. The Morgan fingerprint density at radius 1 is 1.00 bits per heavy atom. The first-order valence-electron chi connectivity index (χ1n) is 10.4. The van der Waals surface area contributed by atoms with Gasteiger partial charge in [0.25, 0.3) is 5.91 Å². The van der Waals surface area contributed by atoms with Gasteiger partial charge in [0, 0.05) is 26.2 Å². The Bertz CT molecular complexity index is 1500. The monoisotopic (exact) mass is 479 g/mol. The average molecular weight is 480 g/mol. The van der Waals surface area contributed by atoms with Gasteiger partial charge in [0.05, 0.1) is 15.1 Å². The number of fused-ring (bicyclic) bond motifs is 1. The van der Waals surface area contributed by atoms with Gasteiger partial charge >= 0.3 is 0 Å². The number of carbonyl (C=O) groups is 1. The highest BCUT2D eigenvalue weighted by Crippen LogP contribution is 2.23. The summed E-state index contributed by atoms with van der Waals surface area (Å²) in [6.45, 7) is 4.38. The van der Waals surface area contributed by atoms with Crippen LogP contribution in [0.3, 0.4) is 0 Å². The lowest BCUT2D eigenvalue weighted by Crippen LogP contribution is -2.26. The topological polar surface area (TPSA) is 71.7 Å². The Balaban J connectivity index is 1.59. The molecule has 4 rings (SSSR count). The molecule has 1 aromatic heterocycles. The number of hydrogen-bond donors (Lipinski definition) is 0. The molecule has 0 spiro atoms. The predicted molar refractivity (Wildman–Crippen MR) is 132 cm³/mol. The van der Waals surface area contributed by atoms with Crippen molar-refractivity contribution in [3.63, 3.8) is 0 Å². The summed E-state index contributed by atoms with van der Waals surface area (Å²) in [5.41, 5.74) is 4.65. The lowest BCUT2D eigenvalue weighted by atomic mass is 10.1. The van der Waals surface area contributed by atoms with Gasteiger partial charge in [-0.15, -0.1) is 0 Å². The predicted octanol–water partition coefficient (Wildman–Crippen LogP) is 4.42. The van der Waals surface area contributed by atoms with Crippen molar-refractivity contribution >= 4 is 37.5 Å². The van der Waals surface area contributed by atoms with Gasteiger partial charge in [0.1, 0.15) is 0 Å². The van der Waals surface area contributed by atoms with E-state index in [0.717, 1.165) is 21.3 Å². The third-order valence-electron chi connectivity index (χ3n) is 5.74. The van der Waals surface area contributed by atoms with E-state index in [4.69, 9.17) is 0 Å². The van der Waals surface area contributed by atoms with Gasteiger partial charge in [-0.05, 0) is 60.9 Å². The minimum Gasteiger partial charge on any atom is -0.319 e. The number of aryl methyl sites for hydroxylation is 3. The molecule has 0 aliphatic carbocycles. The van der Waals surface area contributed by atoms with Crippen molar-refractivity contribution in [2.75, 3.05) is 7.05 Å². The molecular weight excluding hydrogens is 454 g/mol. The van der Waals surface area contributed by atoms with E-state index in [1.54, 1.807) is 7.05 Å². The van der Waals surface area contributed by atoms with E-state index < -0.39 is 15.9 Å². The van der Waals surface area contributed by atoms with E-state index in [9.17, 15) is 13.2 Å². The number of hydrogen-bond acceptors (Lipinski definition) is 4. The highest BCUT2D eigenvalue weighted by Gasteiger charge is 2.21. The molecule has 0 unspecified atom stereocenters. The number of carbonyl (C=O) groups excluding carboxylic acids is 1. The number of thiazole rings is 1. The molecule has 0 atom stereocenters. The second-order valence-corrected chi connectivity index (χ2v) is 11.0. The molecule has 0 radical (unpaired) electrons. The maximum absolute atomic E-state index is 12.9. The summed E-state index contributed by atoms with van der Waals surface area (Å²) in [6.07, 6.45) is 0. The Kier molecular flexibility index (Phi) is 6.34. The van der Waals surface area contributed by atoms with Gasteiger partial charge in [-0.1, -0.05) is 47.7 Å². The second-order valence-electron chi connectivity index (χ2n) is 7.99. The van der Waals surface area contributed by atoms with Crippen LogP contribution in [0.1, 0.15) is 27.0 Å².